The quantitative estimate of drug-likeness (QED) is 0.139. The van der Waals surface area contributed by atoms with Gasteiger partial charge in [-0.3, -0.25) is 0 Å². The molecule has 285 valence electrons. The molecule has 2 heterocycles. The van der Waals surface area contributed by atoms with E-state index >= 15 is 0 Å². The van der Waals surface area contributed by atoms with Crippen molar-refractivity contribution in [2.75, 3.05) is 7.11 Å². The topological polar surface area (TPSA) is 144 Å². The summed E-state index contributed by atoms with van der Waals surface area (Å²) >= 11 is 0. The number of hydrogen-bond donors (Lipinski definition) is 3. The van der Waals surface area contributed by atoms with Crippen LogP contribution in [0.15, 0.2) is 0 Å². The smallest absolute Gasteiger partial charge is 0.393 e. The van der Waals surface area contributed by atoms with Crippen LogP contribution in [0.2, 0.25) is 42.3 Å². The summed E-state index contributed by atoms with van der Waals surface area (Å²) in [5.74, 6) is 0.277. The predicted molar refractivity (Wildman–Crippen MR) is 200 cm³/mol. The van der Waals surface area contributed by atoms with Gasteiger partial charge in [0.25, 0.3) is 0 Å². The lowest BCUT2D eigenvalue weighted by Gasteiger charge is -2.53. The monoisotopic (exact) mass is 805 g/mol. The Labute approximate surface area is 300 Å². The van der Waals surface area contributed by atoms with E-state index in [-0.39, 0.29) is 71.6 Å². The van der Waals surface area contributed by atoms with Gasteiger partial charge in [0.1, 0.15) is 0 Å². The number of fused-ring (bicyclic) bond motifs is 2. The van der Waals surface area contributed by atoms with Gasteiger partial charge >= 0.3 is 62.1 Å². The van der Waals surface area contributed by atoms with E-state index in [9.17, 15) is 14.4 Å². The second-order valence-electron chi connectivity index (χ2n) is 16.8. The molecule has 2 saturated heterocycles. The minimum Gasteiger partial charge on any atom is -0.393 e. The Hall–Kier alpha value is 1.04. The highest BCUT2D eigenvalue weighted by Gasteiger charge is 2.72. The van der Waals surface area contributed by atoms with Crippen molar-refractivity contribution in [2.24, 2.45) is 41.4 Å². The third-order valence-corrected chi connectivity index (χ3v) is 36.4. The highest BCUT2D eigenvalue weighted by molar-refractivity contribution is 6.94. The second-order valence-corrected chi connectivity index (χ2v) is 35.7. The van der Waals surface area contributed by atoms with Gasteiger partial charge in [0, 0.05) is 43.4 Å². The fraction of sp³-hybridized carbons (Fsp3) is 1.00. The average Bonchev–Trinajstić information content (AvgIpc) is 2.77. The molecule has 2 aliphatic heterocycles. The molecule has 3 N–H and O–H groups in total. The lowest BCUT2D eigenvalue weighted by atomic mass is 10.3. The average molecular weight is 806 g/mol. The highest BCUT2D eigenvalue weighted by atomic mass is 28.6. The molecular weight excluding hydrogens is 737 g/mol. The van der Waals surface area contributed by atoms with Crippen LogP contribution in [-0.2, 0) is 37.3 Å². The van der Waals surface area contributed by atoms with E-state index in [0.29, 0.717) is 12.1 Å². The first-order valence-corrected chi connectivity index (χ1v) is 31.2. The Morgan fingerprint density at radius 2 is 1.02 bits per heavy atom. The zero-order chi connectivity index (χ0) is 36.9. The van der Waals surface area contributed by atoms with E-state index in [2.05, 4.69) is 27.7 Å². The SMILES string of the molecule is CO[Si](O)(CC(C)C)O[Si]1(CC(C)C)O[Si](O)(CC(C)C)O[Si]2(CC(C)C)O[Si](O)(CC(C)C)O[Si](CC(C)C)O[Si](CC(C)C)(O1)O2. The zero-order valence-corrected chi connectivity index (χ0v) is 39.5. The molecule has 2 fully saturated rings. The first-order chi connectivity index (χ1) is 21.8. The van der Waals surface area contributed by atoms with Crippen molar-refractivity contribution in [1.29, 1.82) is 0 Å². The van der Waals surface area contributed by atoms with Crippen LogP contribution in [-0.4, -0.2) is 83.6 Å². The Bertz CT molecular complexity index is 1000. The molecule has 0 aliphatic carbocycles. The summed E-state index contributed by atoms with van der Waals surface area (Å²) in [6, 6.07) is 2.18. The molecule has 48 heavy (non-hydrogen) atoms. The predicted octanol–water partition coefficient (Wildman–Crippen LogP) is 6.48. The summed E-state index contributed by atoms with van der Waals surface area (Å²) in [6.07, 6.45) is 0. The van der Waals surface area contributed by atoms with Crippen molar-refractivity contribution < 1.29 is 51.7 Å². The van der Waals surface area contributed by atoms with E-state index in [0.717, 1.165) is 0 Å². The highest BCUT2D eigenvalue weighted by Crippen LogP contribution is 2.45. The van der Waals surface area contributed by atoms with Crippen LogP contribution in [0.1, 0.15) is 96.9 Å². The maximum Gasteiger partial charge on any atom is 0.490 e. The Morgan fingerprint density at radius 3 is 1.48 bits per heavy atom. The van der Waals surface area contributed by atoms with Crippen LogP contribution in [0, 0.1) is 41.4 Å². The molecular formula is C29H69O12Si7. The summed E-state index contributed by atoms with van der Waals surface area (Å²) in [5.41, 5.74) is 0. The molecule has 2 aliphatic rings. The van der Waals surface area contributed by atoms with E-state index in [1.54, 1.807) is 0 Å². The maximum atomic E-state index is 12.7. The maximum absolute atomic E-state index is 12.7. The summed E-state index contributed by atoms with van der Waals surface area (Å²) in [4.78, 5) is 37.0. The van der Waals surface area contributed by atoms with Gasteiger partial charge < -0.3 is 51.7 Å². The van der Waals surface area contributed by atoms with Crippen molar-refractivity contribution in [1.82, 2.24) is 0 Å². The minimum atomic E-state index is -4.30. The van der Waals surface area contributed by atoms with Gasteiger partial charge in [-0.25, -0.2) is 0 Å². The van der Waals surface area contributed by atoms with Crippen molar-refractivity contribution in [3.63, 3.8) is 0 Å². The normalized spacial score (nSPS) is 33.9. The molecule has 0 amide bonds. The third kappa shape index (κ3) is 14.1. The van der Waals surface area contributed by atoms with Crippen LogP contribution in [0.5, 0.6) is 0 Å². The van der Waals surface area contributed by atoms with Crippen molar-refractivity contribution in [3.05, 3.63) is 0 Å². The van der Waals surface area contributed by atoms with Crippen LogP contribution in [0.3, 0.4) is 0 Å². The molecule has 1 radical (unpaired) electrons. The number of hydrogen-bond acceptors (Lipinski definition) is 12. The standard InChI is InChI=1S/C29H69O12Si7/c1-23(2)16-42-34-44(31,18-25(5)6)37-48(22-29(13)14)39-45(32,19-26(7)8)38-47(21-28(11)12,36-43(30,33-15)17-24(3)4)40-46(35-42,41-48)20-27(9)10/h23-32H,16-22H2,1-15H3. The number of rotatable bonds is 17. The molecule has 2 bridgehead atoms. The van der Waals surface area contributed by atoms with E-state index < -0.39 is 62.1 Å². The summed E-state index contributed by atoms with van der Waals surface area (Å²) in [7, 11) is -25.2. The Kier molecular flexibility index (Phi) is 16.9. The van der Waals surface area contributed by atoms with Crippen molar-refractivity contribution in [2.45, 2.75) is 139 Å². The fourth-order valence-electron chi connectivity index (χ4n) is 6.22. The lowest BCUT2D eigenvalue weighted by Crippen LogP contribution is -2.78. The summed E-state index contributed by atoms with van der Waals surface area (Å²) in [5, 5.41) is 0. The molecule has 0 aromatic rings. The second kappa shape index (κ2) is 17.9. The van der Waals surface area contributed by atoms with Gasteiger partial charge in [-0.05, 0) is 47.5 Å². The Morgan fingerprint density at radius 1 is 0.542 bits per heavy atom. The van der Waals surface area contributed by atoms with Gasteiger partial charge in [-0.15, -0.1) is 0 Å². The first-order valence-electron chi connectivity index (χ1n) is 18.0. The Balaban J connectivity index is 3.04. The van der Waals surface area contributed by atoms with Gasteiger partial charge in [0.15, 0.2) is 0 Å². The van der Waals surface area contributed by atoms with Crippen molar-refractivity contribution >= 4 is 62.1 Å². The molecule has 0 aromatic heterocycles. The van der Waals surface area contributed by atoms with Crippen LogP contribution < -0.4 is 0 Å². The first kappa shape index (κ1) is 45.2. The van der Waals surface area contributed by atoms with Gasteiger partial charge in [-0.2, -0.15) is 0 Å². The molecule has 12 nitrogen and oxygen atoms in total. The minimum absolute atomic E-state index is 0.00209. The molecule has 6 unspecified atom stereocenters. The van der Waals surface area contributed by atoms with Crippen LogP contribution >= 0.6 is 0 Å². The van der Waals surface area contributed by atoms with E-state index in [4.69, 9.17) is 37.3 Å². The van der Waals surface area contributed by atoms with Crippen LogP contribution in [0.4, 0.5) is 0 Å². The zero-order valence-electron chi connectivity index (χ0n) is 32.5. The van der Waals surface area contributed by atoms with Crippen molar-refractivity contribution in [3.8, 4) is 0 Å². The fourth-order valence-corrected chi connectivity index (χ4v) is 39.7. The van der Waals surface area contributed by atoms with Gasteiger partial charge in [0.05, 0.1) is 0 Å². The molecule has 0 spiro atoms. The molecule has 19 heteroatoms. The molecule has 0 saturated carbocycles. The lowest BCUT2D eigenvalue weighted by molar-refractivity contribution is 0.0357. The molecule has 2 rings (SSSR count). The summed E-state index contributed by atoms with van der Waals surface area (Å²) in [6.45, 7) is 28.4. The largest absolute Gasteiger partial charge is 0.490 e. The third-order valence-electron chi connectivity index (χ3n) is 7.29. The van der Waals surface area contributed by atoms with Gasteiger partial charge in [-0.1, -0.05) is 96.9 Å². The van der Waals surface area contributed by atoms with Gasteiger partial charge in [0.2, 0.25) is 0 Å². The molecule has 6 atom stereocenters. The summed E-state index contributed by atoms with van der Waals surface area (Å²) < 4.78 is 61.8. The van der Waals surface area contributed by atoms with E-state index in [1.165, 1.54) is 7.11 Å². The molecule has 0 aromatic carbocycles. The van der Waals surface area contributed by atoms with Crippen LogP contribution in [0.25, 0.3) is 0 Å². The van der Waals surface area contributed by atoms with E-state index in [1.807, 2.05) is 69.2 Å².